The Bertz CT molecular complexity index is 2980. The van der Waals surface area contributed by atoms with Gasteiger partial charge in [0.25, 0.3) is 0 Å². The van der Waals surface area contributed by atoms with E-state index in [0.29, 0.717) is 45.6 Å². The number of pyridine rings is 6. The number of aromatic nitrogens is 6. The molecule has 286 valence electrons. The molecule has 0 spiro atoms. The van der Waals surface area contributed by atoms with Crippen molar-refractivity contribution in [2.75, 3.05) is 0 Å². The lowest BCUT2D eigenvalue weighted by molar-refractivity contribution is 1.19. The molecule has 0 unspecified atom stereocenters. The quantitative estimate of drug-likeness (QED) is 0.144. The highest BCUT2D eigenvalue weighted by Crippen LogP contribution is 2.34. The summed E-state index contributed by atoms with van der Waals surface area (Å²) in [5, 5.41) is 38.0. The molecule has 10 nitrogen and oxygen atoms in total. The Balaban J connectivity index is 1.02. The number of rotatable bonds is 8. The molecule has 9 aromatic rings. The summed E-state index contributed by atoms with van der Waals surface area (Å²) in [5.41, 5.74) is 13.5. The zero-order valence-corrected chi connectivity index (χ0v) is 32.6. The van der Waals surface area contributed by atoms with Gasteiger partial charge < -0.3 is 0 Å². The minimum atomic E-state index is 0.288. The predicted octanol–water partition coefficient (Wildman–Crippen LogP) is 10.9. The van der Waals surface area contributed by atoms with Crippen LogP contribution >= 0.6 is 0 Å². The maximum atomic E-state index is 9.50. The maximum Gasteiger partial charge on any atom is 0.141 e. The van der Waals surface area contributed by atoms with E-state index in [1.54, 1.807) is 48.5 Å². The molecule has 62 heavy (non-hydrogen) atoms. The molecule has 0 aliphatic rings. The highest BCUT2D eigenvalue weighted by molar-refractivity contribution is 5.80. The van der Waals surface area contributed by atoms with Crippen molar-refractivity contribution < 1.29 is 0 Å². The molecule has 0 bridgehead atoms. The summed E-state index contributed by atoms with van der Waals surface area (Å²) in [7, 11) is 0. The van der Waals surface area contributed by atoms with Gasteiger partial charge in [-0.1, -0.05) is 91.0 Å². The van der Waals surface area contributed by atoms with Crippen LogP contribution in [-0.4, -0.2) is 29.9 Å². The van der Waals surface area contributed by atoms with E-state index < -0.39 is 0 Å². The van der Waals surface area contributed by atoms with E-state index in [9.17, 15) is 21.0 Å². The average molecular weight is 793 g/mol. The molecular formula is C52H28N10. The lowest BCUT2D eigenvalue weighted by atomic mass is 9.95. The Labute approximate surface area is 356 Å². The molecule has 0 aliphatic carbocycles. The van der Waals surface area contributed by atoms with Gasteiger partial charge >= 0.3 is 0 Å². The van der Waals surface area contributed by atoms with Gasteiger partial charge in [0.2, 0.25) is 0 Å². The molecule has 0 saturated heterocycles. The van der Waals surface area contributed by atoms with Crippen LogP contribution < -0.4 is 0 Å². The van der Waals surface area contributed by atoms with Crippen LogP contribution in [0.3, 0.4) is 0 Å². The lowest BCUT2D eigenvalue weighted by Gasteiger charge is -2.12. The van der Waals surface area contributed by atoms with Crippen LogP contribution in [0.4, 0.5) is 0 Å². The zero-order chi connectivity index (χ0) is 42.4. The van der Waals surface area contributed by atoms with Gasteiger partial charge in [-0.2, -0.15) is 21.0 Å². The number of hydrogen-bond acceptors (Lipinski definition) is 10. The van der Waals surface area contributed by atoms with Crippen LogP contribution in [0.1, 0.15) is 22.8 Å². The van der Waals surface area contributed by atoms with Gasteiger partial charge in [-0.05, 0) is 123 Å². The summed E-state index contributed by atoms with van der Waals surface area (Å²) < 4.78 is 0. The first-order valence-electron chi connectivity index (χ1n) is 19.3. The summed E-state index contributed by atoms with van der Waals surface area (Å²) >= 11 is 0. The van der Waals surface area contributed by atoms with E-state index in [1.807, 2.05) is 54.6 Å². The summed E-state index contributed by atoms with van der Waals surface area (Å²) in [5.74, 6) is 0. The number of hydrogen-bond donors (Lipinski definition) is 0. The Morgan fingerprint density at radius 2 is 0.484 bits per heavy atom. The van der Waals surface area contributed by atoms with Gasteiger partial charge in [-0.3, -0.25) is 0 Å². The van der Waals surface area contributed by atoms with Crippen LogP contribution in [0, 0.1) is 45.3 Å². The largest absolute Gasteiger partial charge is 0.244 e. The number of benzene rings is 3. The molecule has 6 aromatic heterocycles. The lowest BCUT2D eigenvalue weighted by Crippen LogP contribution is -1.96. The zero-order valence-electron chi connectivity index (χ0n) is 32.6. The van der Waals surface area contributed by atoms with Crippen LogP contribution in [0.5, 0.6) is 0 Å². The molecule has 10 heteroatoms. The van der Waals surface area contributed by atoms with Crippen molar-refractivity contribution in [1.29, 1.82) is 21.0 Å². The number of nitriles is 4. The SMILES string of the molecule is N#Cc1cccc(-c2cc(-c3ccc(-c4cccc(-c5ccc(-c6cc(-c7cccc(C#N)n7)nc(-c7cccc(C#N)n7)c6)cc5)c4)cc3)cc(-c3cccc(C#N)n3)n2)n1. The maximum absolute atomic E-state index is 9.50. The fourth-order valence-electron chi connectivity index (χ4n) is 7.07. The predicted molar refractivity (Wildman–Crippen MR) is 236 cm³/mol. The van der Waals surface area contributed by atoms with Crippen molar-refractivity contribution in [1.82, 2.24) is 29.9 Å². The monoisotopic (exact) mass is 792 g/mol. The fourth-order valence-corrected chi connectivity index (χ4v) is 7.07. The van der Waals surface area contributed by atoms with Crippen molar-refractivity contribution >= 4 is 0 Å². The second kappa shape index (κ2) is 16.8. The summed E-state index contributed by atoms with van der Waals surface area (Å²) in [4.78, 5) is 27.7. The van der Waals surface area contributed by atoms with Crippen LogP contribution in [0.15, 0.2) is 170 Å². The third-order valence-corrected chi connectivity index (χ3v) is 10.1. The van der Waals surface area contributed by atoms with Crippen molar-refractivity contribution in [2.45, 2.75) is 0 Å². The Kier molecular flexibility index (Phi) is 10.3. The third-order valence-electron chi connectivity index (χ3n) is 10.1. The Morgan fingerprint density at radius 1 is 0.226 bits per heavy atom. The van der Waals surface area contributed by atoms with Gasteiger partial charge in [-0.25, -0.2) is 29.9 Å². The van der Waals surface area contributed by atoms with E-state index in [0.717, 1.165) is 44.5 Å². The summed E-state index contributed by atoms with van der Waals surface area (Å²) in [6, 6.07) is 62.1. The van der Waals surface area contributed by atoms with Gasteiger partial charge in [0, 0.05) is 0 Å². The van der Waals surface area contributed by atoms with Crippen molar-refractivity contribution in [3.8, 4) is 114 Å². The molecule has 0 saturated carbocycles. The molecule has 0 amide bonds. The first-order chi connectivity index (χ1) is 30.5. The van der Waals surface area contributed by atoms with Crippen molar-refractivity contribution in [2.24, 2.45) is 0 Å². The molecule has 0 atom stereocenters. The van der Waals surface area contributed by atoms with Crippen LogP contribution in [-0.2, 0) is 0 Å². The summed E-state index contributed by atoms with van der Waals surface area (Å²) in [6.07, 6.45) is 0. The molecule has 3 aromatic carbocycles. The van der Waals surface area contributed by atoms with E-state index in [1.165, 1.54) is 0 Å². The Hall–Kier alpha value is -9.48. The van der Waals surface area contributed by atoms with Gasteiger partial charge in [0.15, 0.2) is 0 Å². The molecule has 9 rings (SSSR count). The van der Waals surface area contributed by atoms with E-state index in [4.69, 9.17) is 9.97 Å². The molecule has 0 fully saturated rings. The van der Waals surface area contributed by atoms with Gasteiger partial charge in [0.1, 0.15) is 47.1 Å². The summed E-state index contributed by atoms with van der Waals surface area (Å²) in [6.45, 7) is 0. The topological polar surface area (TPSA) is 172 Å². The van der Waals surface area contributed by atoms with Crippen molar-refractivity contribution in [3.63, 3.8) is 0 Å². The second-order valence-electron chi connectivity index (χ2n) is 14.1. The standard InChI is InChI=1S/C52H28N10/c53-29-41-8-2-12-45(57-41)49-25-39(26-50(61-49)46-13-3-9-42(30-54)58-46)35-20-16-33(17-21-35)37-6-1-7-38(24-37)34-18-22-36(23-19-34)40-27-51(47-14-4-10-43(31-55)59-47)62-52(28-40)48-15-5-11-44(32-56)60-48/h1-28H. The highest BCUT2D eigenvalue weighted by Gasteiger charge is 2.15. The smallest absolute Gasteiger partial charge is 0.141 e. The molecular weight excluding hydrogens is 765 g/mol. The average Bonchev–Trinajstić information content (AvgIpc) is 3.36. The normalized spacial score (nSPS) is 10.5. The van der Waals surface area contributed by atoms with Gasteiger partial charge in [0.05, 0.1) is 45.6 Å². The van der Waals surface area contributed by atoms with Crippen LogP contribution in [0.25, 0.3) is 90.1 Å². The molecule has 6 heterocycles. The Morgan fingerprint density at radius 3 is 0.758 bits per heavy atom. The first kappa shape index (κ1) is 38.1. The number of nitrogens with zero attached hydrogens (tertiary/aromatic N) is 10. The minimum absolute atomic E-state index is 0.288. The first-order valence-corrected chi connectivity index (χ1v) is 19.3. The molecule has 0 aliphatic heterocycles. The highest BCUT2D eigenvalue weighted by atomic mass is 14.8. The molecule has 0 N–H and O–H groups in total. The van der Waals surface area contributed by atoms with E-state index in [-0.39, 0.29) is 22.8 Å². The minimum Gasteiger partial charge on any atom is -0.244 e. The van der Waals surface area contributed by atoms with E-state index >= 15 is 0 Å². The third kappa shape index (κ3) is 7.99. The van der Waals surface area contributed by atoms with E-state index in [2.05, 4.69) is 111 Å². The second-order valence-corrected chi connectivity index (χ2v) is 14.1. The molecule has 0 radical (unpaired) electrons. The fraction of sp³-hybridized carbons (Fsp3) is 0. The van der Waals surface area contributed by atoms with Crippen molar-refractivity contribution in [3.05, 3.63) is 193 Å². The van der Waals surface area contributed by atoms with Crippen LogP contribution in [0.2, 0.25) is 0 Å². The van der Waals surface area contributed by atoms with Gasteiger partial charge in [-0.15, -0.1) is 0 Å².